The van der Waals surface area contributed by atoms with Crippen LogP contribution in [0.15, 0.2) is 63.8 Å². The zero-order chi connectivity index (χ0) is 17.6. The summed E-state index contributed by atoms with van der Waals surface area (Å²) in [6.45, 7) is 0. The van der Waals surface area contributed by atoms with Crippen LogP contribution in [0.5, 0.6) is 5.75 Å². The summed E-state index contributed by atoms with van der Waals surface area (Å²) in [6.07, 6.45) is -1.27. The van der Waals surface area contributed by atoms with Crippen LogP contribution in [0.4, 0.5) is 5.69 Å². The topological polar surface area (TPSA) is 103 Å². The van der Waals surface area contributed by atoms with Gasteiger partial charge in [-0.3, -0.25) is 10.1 Å². The molecule has 3 aromatic rings. The molecule has 4 rings (SSSR count). The van der Waals surface area contributed by atoms with Crippen LogP contribution in [-0.2, 0) is 0 Å². The Balaban J connectivity index is 1.87. The zero-order valence-corrected chi connectivity index (χ0v) is 12.7. The summed E-state index contributed by atoms with van der Waals surface area (Å²) < 4.78 is 10.9. The molecule has 2 aromatic carbocycles. The highest BCUT2D eigenvalue weighted by Gasteiger charge is 2.28. The number of para-hydroxylation sites is 1. The molecule has 0 spiro atoms. The van der Waals surface area contributed by atoms with Crippen molar-refractivity contribution < 1.29 is 19.2 Å². The first-order chi connectivity index (χ1) is 12.0. The summed E-state index contributed by atoms with van der Waals surface area (Å²) in [4.78, 5) is 22.6. The van der Waals surface area contributed by atoms with Gasteiger partial charge in [-0.25, -0.2) is 4.79 Å². The smallest absolute Gasteiger partial charge is 0.344 e. The van der Waals surface area contributed by atoms with E-state index in [4.69, 9.17) is 9.15 Å². The Morgan fingerprint density at radius 1 is 1.04 bits per heavy atom. The van der Waals surface area contributed by atoms with E-state index in [1.165, 1.54) is 30.3 Å². The van der Waals surface area contributed by atoms with Gasteiger partial charge in [0.1, 0.15) is 5.75 Å². The number of benzene rings is 2. The van der Waals surface area contributed by atoms with Crippen molar-refractivity contribution >= 4 is 5.69 Å². The van der Waals surface area contributed by atoms with E-state index in [0.29, 0.717) is 22.4 Å². The van der Waals surface area contributed by atoms with E-state index in [1.54, 1.807) is 24.3 Å². The van der Waals surface area contributed by atoms with E-state index < -0.39 is 16.8 Å². The number of aliphatic hydroxyl groups excluding tert-OH is 1. The van der Waals surface area contributed by atoms with Crippen LogP contribution in [0.2, 0.25) is 0 Å². The second-order valence-corrected chi connectivity index (χ2v) is 5.50. The summed E-state index contributed by atoms with van der Waals surface area (Å²) in [5, 5.41) is 21.0. The number of nitro groups is 1. The number of hydrogen-bond donors (Lipinski definition) is 1. The average Bonchev–Trinajstić information content (AvgIpc) is 2.61. The van der Waals surface area contributed by atoms with E-state index in [9.17, 15) is 20.0 Å². The van der Waals surface area contributed by atoms with Gasteiger partial charge in [-0.15, -0.1) is 0 Å². The first kappa shape index (κ1) is 15.1. The van der Waals surface area contributed by atoms with Crippen LogP contribution in [0, 0.1) is 10.1 Å². The monoisotopic (exact) mass is 337 g/mol. The van der Waals surface area contributed by atoms with Crippen LogP contribution in [0.3, 0.4) is 0 Å². The molecule has 7 heteroatoms. The van der Waals surface area contributed by atoms with Gasteiger partial charge in [-0.2, -0.15) is 0 Å². The van der Waals surface area contributed by atoms with Crippen LogP contribution < -0.4 is 10.4 Å². The van der Waals surface area contributed by atoms with Crippen LogP contribution >= 0.6 is 0 Å². The molecule has 124 valence electrons. The third-order valence-corrected chi connectivity index (χ3v) is 4.00. The second kappa shape index (κ2) is 5.57. The Kier molecular flexibility index (Phi) is 3.36. The summed E-state index contributed by atoms with van der Waals surface area (Å²) in [6, 6.07) is 13.9. The highest BCUT2D eigenvalue weighted by Crippen LogP contribution is 2.41. The van der Waals surface area contributed by atoms with Crippen molar-refractivity contribution in [2.45, 2.75) is 6.29 Å². The lowest BCUT2D eigenvalue weighted by molar-refractivity contribution is -0.384. The molecule has 0 radical (unpaired) electrons. The van der Waals surface area contributed by atoms with Crippen LogP contribution in [-0.4, -0.2) is 10.0 Å². The van der Waals surface area contributed by atoms with Gasteiger partial charge < -0.3 is 14.3 Å². The van der Waals surface area contributed by atoms with Gasteiger partial charge in [0.05, 0.1) is 21.6 Å². The minimum absolute atomic E-state index is 0.0802. The van der Waals surface area contributed by atoms with Crippen molar-refractivity contribution in [3.05, 3.63) is 80.7 Å². The van der Waals surface area contributed by atoms with Crippen molar-refractivity contribution in [2.24, 2.45) is 0 Å². The summed E-state index contributed by atoms with van der Waals surface area (Å²) >= 11 is 0. The molecular weight excluding hydrogens is 326 g/mol. The first-order valence-corrected chi connectivity index (χ1v) is 7.41. The number of nitrogens with zero attached hydrogens (tertiary/aromatic N) is 1. The lowest BCUT2D eigenvalue weighted by Gasteiger charge is -2.23. The fourth-order valence-electron chi connectivity index (χ4n) is 2.79. The third kappa shape index (κ3) is 2.47. The summed E-state index contributed by atoms with van der Waals surface area (Å²) in [7, 11) is 0. The maximum atomic E-state index is 12.4. The Morgan fingerprint density at radius 2 is 1.76 bits per heavy atom. The maximum Gasteiger partial charge on any atom is 0.344 e. The molecule has 7 nitrogen and oxygen atoms in total. The molecule has 0 bridgehead atoms. The van der Waals surface area contributed by atoms with Gasteiger partial charge in [0, 0.05) is 12.1 Å². The van der Waals surface area contributed by atoms with E-state index in [-0.39, 0.29) is 17.0 Å². The molecular formula is C18H11NO6. The van der Waals surface area contributed by atoms with E-state index in [2.05, 4.69) is 0 Å². The lowest BCUT2D eigenvalue weighted by Crippen LogP contribution is -2.16. The fourth-order valence-corrected chi connectivity index (χ4v) is 2.79. The third-order valence-electron chi connectivity index (χ3n) is 4.00. The summed E-state index contributed by atoms with van der Waals surface area (Å²) in [5.74, 6) is 0.679. The van der Waals surface area contributed by atoms with Gasteiger partial charge >= 0.3 is 5.63 Å². The number of hydrogen-bond acceptors (Lipinski definition) is 6. The maximum absolute atomic E-state index is 12.4. The first-order valence-electron chi connectivity index (χ1n) is 7.41. The van der Waals surface area contributed by atoms with Crippen LogP contribution in [0.1, 0.15) is 11.9 Å². The van der Waals surface area contributed by atoms with Gasteiger partial charge in [-0.1, -0.05) is 12.1 Å². The predicted molar refractivity (Wildman–Crippen MR) is 88.1 cm³/mol. The quantitative estimate of drug-likeness (QED) is 0.569. The minimum Gasteiger partial charge on any atom is -0.460 e. The molecule has 0 aliphatic carbocycles. The van der Waals surface area contributed by atoms with Crippen molar-refractivity contribution in [2.75, 3.05) is 0 Å². The van der Waals surface area contributed by atoms with Gasteiger partial charge in [-0.05, 0) is 35.9 Å². The van der Waals surface area contributed by atoms with Crippen molar-refractivity contribution in [1.82, 2.24) is 0 Å². The number of rotatable bonds is 2. The Hall–Kier alpha value is -3.45. The number of nitro benzene ring substituents is 1. The molecule has 1 unspecified atom stereocenters. The SMILES string of the molecule is O=c1oc2c(cc1-c1ccc([N+](=O)[O-])cc1)C(O)Oc1ccccc1-2. The molecule has 0 amide bonds. The average molecular weight is 337 g/mol. The zero-order valence-electron chi connectivity index (χ0n) is 12.7. The Morgan fingerprint density at radius 3 is 2.48 bits per heavy atom. The Bertz CT molecular complexity index is 1040. The second-order valence-electron chi connectivity index (χ2n) is 5.50. The standard InChI is InChI=1S/C18H11NO6/c20-17-13(10-5-7-11(8-6-10)19(22)23)9-14-16(25-17)12-3-1-2-4-15(12)24-18(14)21/h1-9,18,21H. The predicted octanol–water partition coefficient (Wildman–Crippen LogP) is 3.27. The number of non-ortho nitro benzene ring substituents is 1. The summed E-state index contributed by atoms with van der Waals surface area (Å²) in [5.41, 5.74) is 0.866. The highest BCUT2D eigenvalue weighted by atomic mass is 16.6. The molecule has 1 aromatic heterocycles. The number of aliphatic hydroxyl groups is 1. The molecule has 0 fully saturated rings. The molecule has 1 aliphatic heterocycles. The molecule has 1 aliphatic rings. The molecule has 1 N–H and O–H groups in total. The Labute approximate surface area is 140 Å². The number of ether oxygens (including phenoxy) is 1. The van der Waals surface area contributed by atoms with E-state index in [0.717, 1.165) is 0 Å². The lowest BCUT2D eigenvalue weighted by atomic mass is 9.99. The molecule has 1 atom stereocenters. The van der Waals surface area contributed by atoms with Crippen molar-refractivity contribution in [3.63, 3.8) is 0 Å². The normalized spacial score (nSPS) is 15.0. The van der Waals surface area contributed by atoms with Gasteiger partial charge in [0.2, 0.25) is 6.29 Å². The van der Waals surface area contributed by atoms with E-state index in [1.807, 2.05) is 0 Å². The molecule has 2 heterocycles. The molecule has 25 heavy (non-hydrogen) atoms. The molecule has 0 saturated heterocycles. The molecule has 0 saturated carbocycles. The van der Waals surface area contributed by atoms with Crippen LogP contribution in [0.25, 0.3) is 22.5 Å². The van der Waals surface area contributed by atoms with Gasteiger partial charge in [0.25, 0.3) is 5.69 Å². The van der Waals surface area contributed by atoms with Gasteiger partial charge in [0.15, 0.2) is 5.76 Å². The highest BCUT2D eigenvalue weighted by molar-refractivity contribution is 5.74. The fraction of sp³-hybridized carbons (Fsp3) is 0.0556. The minimum atomic E-state index is -1.27. The van der Waals surface area contributed by atoms with Crippen molar-refractivity contribution in [3.8, 4) is 28.2 Å². The number of fused-ring (bicyclic) bond motifs is 3. The largest absolute Gasteiger partial charge is 0.460 e. The van der Waals surface area contributed by atoms with Crippen molar-refractivity contribution in [1.29, 1.82) is 0 Å². The van der Waals surface area contributed by atoms with E-state index >= 15 is 0 Å².